The van der Waals surface area contributed by atoms with Gasteiger partial charge in [0.1, 0.15) is 17.5 Å². The van der Waals surface area contributed by atoms with E-state index in [1.165, 1.54) is 38.3 Å². The number of fused-ring (bicyclic) bond motifs is 5. The number of benzene rings is 2. The first kappa shape index (κ1) is 24.7. The number of carbonyl (C=O) groups excluding carboxylic acids is 5. The predicted molar refractivity (Wildman–Crippen MR) is 129 cm³/mol. The molecule has 0 aromatic heterocycles. The van der Waals surface area contributed by atoms with Crippen LogP contribution in [0, 0.1) is 23.7 Å². The van der Waals surface area contributed by atoms with Crippen LogP contribution in [0.1, 0.15) is 46.9 Å². The molecule has 0 spiro atoms. The molecular weight excluding hydrogens is 478 g/mol. The Morgan fingerprint density at radius 3 is 2.19 bits per heavy atom. The molecule has 2 amide bonds. The Kier molecular flexibility index (Phi) is 6.54. The maximum absolute atomic E-state index is 12.9. The quantitative estimate of drug-likeness (QED) is 0.233. The number of hydrogen-bond acceptors (Lipinski definition) is 8. The number of ketones is 1. The van der Waals surface area contributed by atoms with Crippen molar-refractivity contribution < 1.29 is 38.2 Å². The zero-order valence-electron chi connectivity index (χ0n) is 20.5. The third kappa shape index (κ3) is 4.50. The molecule has 192 valence electrons. The van der Waals surface area contributed by atoms with Gasteiger partial charge in [0, 0.05) is 5.56 Å². The zero-order chi connectivity index (χ0) is 26.3. The van der Waals surface area contributed by atoms with Crippen LogP contribution in [0.3, 0.4) is 0 Å². The van der Waals surface area contributed by atoms with Crippen molar-refractivity contribution in [2.75, 3.05) is 13.7 Å². The normalized spacial score (nSPS) is 24.5. The summed E-state index contributed by atoms with van der Waals surface area (Å²) in [7, 11) is 1.50. The SMILES string of the molecule is COc1cccc(C(=O)Oc2ccc(C(=O)COC(=O)C(C)N3C(=O)C4C5CCC(C5)C4C3=O)cc2)c1. The Morgan fingerprint density at radius 1 is 0.919 bits per heavy atom. The zero-order valence-corrected chi connectivity index (χ0v) is 20.5. The van der Waals surface area contributed by atoms with Crippen molar-refractivity contribution in [1.29, 1.82) is 0 Å². The van der Waals surface area contributed by atoms with E-state index < -0.39 is 30.4 Å². The molecule has 2 saturated carbocycles. The first-order chi connectivity index (χ1) is 17.8. The first-order valence-electron chi connectivity index (χ1n) is 12.3. The molecule has 2 bridgehead atoms. The van der Waals surface area contributed by atoms with Crippen molar-refractivity contribution in [2.24, 2.45) is 23.7 Å². The molecular formula is C28H27NO8. The fourth-order valence-corrected chi connectivity index (χ4v) is 5.88. The Labute approximate surface area is 213 Å². The minimum absolute atomic E-state index is 0.221. The third-order valence-electron chi connectivity index (χ3n) is 7.73. The van der Waals surface area contributed by atoms with E-state index in [9.17, 15) is 24.0 Å². The first-order valence-corrected chi connectivity index (χ1v) is 12.3. The smallest absolute Gasteiger partial charge is 0.343 e. The maximum atomic E-state index is 12.9. The van der Waals surface area contributed by atoms with Crippen molar-refractivity contribution >= 4 is 29.5 Å². The van der Waals surface area contributed by atoms with E-state index in [-0.39, 0.29) is 46.8 Å². The van der Waals surface area contributed by atoms with Gasteiger partial charge in [-0.1, -0.05) is 6.07 Å². The Balaban J connectivity index is 1.15. The second-order valence-electron chi connectivity index (χ2n) is 9.78. The van der Waals surface area contributed by atoms with Crippen LogP contribution in [0.4, 0.5) is 0 Å². The van der Waals surface area contributed by atoms with E-state index in [0.717, 1.165) is 24.2 Å². The molecule has 1 saturated heterocycles. The number of esters is 2. The van der Waals surface area contributed by atoms with Crippen molar-refractivity contribution in [3.05, 3.63) is 59.7 Å². The van der Waals surface area contributed by atoms with Crippen LogP contribution < -0.4 is 9.47 Å². The summed E-state index contributed by atoms with van der Waals surface area (Å²) in [5.74, 6) is -1.88. The molecule has 9 heteroatoms. The second kappa shape index (κ2) is 9.80. The topological polar surface area (TPSA) is 116 Å². The molecule has 1 heterocycles. The number of imide groups is 1. The van der Waals surface area contributed by atoms with Crippen LogP contribution in [-0.2, 0) is 19.1 Å². The number of amides is 2. The van der Waals surface area contributed by atoms with Crippen molar-refractivity contribution in [1.82, 2.24) is 4.90 Å². The van der Waals surface area contributed by atoms with E-state index in [1.54, 1.807) is 24.3 Å². The standard InChI is InChI=1S/C28H27NO8/c1-15(29-25(31)23-17-6-7-18(12-17)24(23)26(29)32)27(33)36-14-22(30)16-8-10-20(11-9-16)37-28(34)19-4-3-5-21(13-19)35-2/h3-5,8-11,13,15,17-18,23-24H,6-7,12,14H2,1-2H3. The van der Waals surface area contributed by atoms with Crippen LogP contribution in [0.25, 0.3) is 0 Å². The van der Waals surface area contributed by atoms with Crippen LogP contribution in [0.5, 0.6) is 11.5 Å². The maximum Gasteiger partial charge on any atom is 0.343 e. The van der Waals surface area contributed by atoms with Gasteiger partial charge in [-0.25, -0.2) is 9.59 Å². The van der Waals surface area contributed by atoms with Gasteiger partial charge in [0.2, 0.25) is 11.8 Å². The molecule has 5 rings (SSSR count). The molecule has 9 nitrogen and oxygen atoms in total. The minimum atomic E-state index is -1.09. The highest BCUT2D eigenvalue weighted by atomic mass is 16.5. The average molecular weight is 506 g/mol. The van der Waals surface area contributed by atoms with Gasteiger partial charge >= 0.3 is 11.9 Å². The molecule has 5 unspecified atom stereocenters. The highest BCUT2D eigenvalue weighted by Gasteiger charge is 2.62. The highest BCUT2D eigenvalue weighted by Crippen LogP contribution is 2.56. The van der Waals surface area contributed by atoms with Gasteiger partial charge < -0.3 is 14.2 Å². The van der Waals surface area contributed by atoms with Crippen LogP contribution >= 0.6 is 0 Å². The van der Waals surface area contributed by atoms with Gasteiger partial charge in [-0.2, -0.15) is 0 Å². The van der Waals surface area contributed by atoms with Crippen LogP contribution in [0.15, 0.2) is 48.5 Å². The number of likely N-dealkylation sites (tertiary alicyclic amines) is 1. The Morgan fingerprint density at radius 2 is 1.57 bits per heavy atom. The van der Waals surface area contributed by atoms with E-state index in [1.807, 2.05) is 0 Å². The van der Waals surface area contributed by atoms with Gasteiger partial charge in [-0.3, -0.25) is 19.3 Å². The molecule has 0 N–H and O–H groups in total. The average Bonchev–Trinajstić information content (AvgIpc) is 3.60. The van der Waals surface area contributed by atoms with Crippen LogP contribution in [0.2, 0.25) is 0 Å². The number of ether oxygens (including phenoxy) is 3. The molecule has 3 fully saturated rings. The van der Waals surface area contributed by atoms with E-state index in [2.05, 4.69) is 0 Å². The molecule has 2 aromatic carbocycles. The van der Waals surface area contributed by atoms with Gasteiger partial charge in [0.25, 0.3) is 0 Å². The summed E-state index contributed by atoms with van der Waals surface area (Å²) in [6.07, 6.45) is 2.81. The van der Waals surface area contributed by atoms with Crippen molar-refractivity contribution in [2.45, 2.75) is 32.2 Å². The fraction of sp³-hybridized carbons (Fsp3) is 0.393. The summed E-state index contributed by atoms with van der Waals surface area (Å²) in [5.41, 5.74) is 0.563. The lowest BCUT2D eigenvalue weighted by atomic mass is 9.81. The van der Waals surface area contributed by atoms with Crippen molar-refractivity contribution in [3.8, 4) is 11.5 Å². The van der Waals surface area contributed by atoms with Gasteiger partial charge in [0.05, 0.1) is 24.5 Å². The van der Waals surface area contributed by atoms with E-state index >= 15 is 0 Å². The largest absolute Gasteiger partial charge is 0.497 e. The van der Waals surface area contributed by atoms with Crippen molar-refractivity contribution in [3.63, 3.8) is 0 Å². The fourth-order valence-electron chi connectivity index (χ4n) is 5.88. The number of rotatable bonds is 8. The minimum Gasteiger partial charge on any atom is -0.497 e. The second-order valence-corrected chi connectivity index (χ2v) is 9.78. The molecule has 2 aromatic rings. The summed E-state index contributed by atoms with van der Waals surface area (Å²) in [5, 5.41) is 0. The number of nitrogens with zero attached hydrogens (tertiary/aromatic N) is 1. The lowest BCUT2D eigenvalue weighted by molar-refractivity contribution is -0.157. The number of hydrogen-bond donors (Lipinski definition) is 0. The molecule has 37 heavy (non-hydrogen) atoms. The molecule has 5 atom stereocenters. The summed E-state index contributed by atoms with van der Waals surface area (Å²) in [6.45, 7) is 0.914. The van der Waals surface area contributed by atoms with E-state index in [0.29, 0.717) is 11.3 Å². The molecule has 2 aliphatic carbocycles. The Hall–Kier alpha value is -4.01. The van der Waals surface area contributed by atoms with E-state index in [4.69, 9.17) is 14.2 Å². The van der Waals surface area contributed by atoms with Crippen LogP contribution in [-0.4, -0.2) is 54.2 Å². The lowest BCUT2D eigenvalue weighted by Crippen LogP contribution is -2.45. The third-order valence-corrected chi connectivity index (χ3v) is 7.73. The predicted octanol–water partition coefficient (Wildman–Crippen LogP) is 3.06. The molecule has 0 radical (unpaired) electrons. The summed E-state index contributed by atoms with van der Waals surface area (Å²) in [6, 6.07) is 11.3. The highest BCUT2D eigenvalue weighted by molar-refractivity contribution is 6.08. The molecule has 3 aliphatic rings. The number of methoxy groups -OCH3 is 1. The summed E-state index contributed by atoms with van der Waals surface area (Å²) < 4.78 is 15.6. The number of Topliss-reactive ketones (excluding diaryl/α,β-unsaturated/α-hetero) is 1. The lowest BCUT2D eigenvalue weighted by Gasteiger charge is -2.22. The van der Waals surface area contributed by atoms with Gasteiger partial charge in [0.15, 0.2) is 12.4 Å². The summed E-state index contributed by atoms with van der Waals surface area (Å²) in [4.78, 5) is 64.4. The number of carbonyl (C=O) groups is 5. The van der Waals surface area contributed by atoms with Gasteiger partial charge in [-0.05, 0) is 80.5 Å². The van der Waals surface area contributed by atoms with Gasteiger partial charge in [-0.15, -0.1) is 0 Å². The monoisotopic (exact) mass is 505 g/mol. The Bertz CT molecular complexity index is 1240. The molecule has 1 aliphatic heterocycles. The summed E-state index contributed by atoms with van der Waals surface area (Å²) >= 11 is 0.